The van der Waals surface area contributed by atoms with E-state index in [9.17, 15) is 4.79 Å². The minimum Gasteiger partial charge on any atom is -0.494 e. The summed E-state index contributed by atoms with van der Waals surface area (Å²) in [6.45, 7) is 5.39. The molecule has 134 valence electrons. The Hall–Kier alpha value is -1.90. The van der Waals surface area contributed by atoms with Crippen LogP contribution < -0.4 is 10.1 Å². The number of amidine groups is 1. The van der Waals surface area contributed by atoms with E-state index in [4.69, 9.17) is 9.47 Å². The second-order valence-corrected chi connectivity index (χ2v) is 6.68. The van der Waals surface area contributed by atoms with Gasteiger partial charge in [-0.05, 0) is 24.1 Å². The Bertz CT molecular complexity index is 645. The third kappa shape index (κ3) is 6.15. The lowest BCUT2D eigenvalue weighted by atomic mass is 10.2. The van der Waals surface area contributed by atoms with Crippen LogP contribution in [-0.2, 0) is 9.53 Å². The van der Waals surface area contributed by atoms with E-state index in [-0.39, 0.29) is 5.91 Å². The molecule has 3 rings (SSSR count). The van der Waals surface area contributed by atoms with Gasteiger partial charge in [0.15, 0.2) is 5.17 Å². The number of nitrogens with zero attached hydrogens (tertiary/aromatic N) is 3. The van der Waals surface area contributed by atoms with Crippen LogP contribution in [0.15, 0.2) is 34.5 Å². The van der Waals surface area contributed by atoms with Crippen molar-refractivity contribution in [2.24, 2.45) is 10.2 Å². The summed E-state index contributed by atoms with van der Waals surface area (Å²) < 4.78 is 11.2. The monoisotopic (exact) mass is 362 g/mol. The topological polar surface area (TPSA) is 75.5 Å². The highest BCUT2D eigenvalue weighted by Crippen LogP contribution is 2.13. The molecule has 2 fully saturated rings. The van der Waals surface area contributed by atoms with Gasteiger partial charge < -0.3 is 14.8 Å². The number of ether oxygens (including phenoxy) is 2. The van der Waals surface area contributed by atoms with Crippen LogP contribution in [0.4, 0.5) is 0 Å². The van der Waals surface area contributed by atoms with E-state index < -0.39 is 0 Å². The zero-order valence-electron chi connectivity index (χ0n) is 14.0. The Balaban J connectivity index is 1.42. The first kappa shape index (κ1) is 17.9. The van der Waals surface area contributed by atoms with Gasteiger partial charge in [-0.1, -0.05) is 23.9 Å². The minimum absolute atomic E-state index is 0.0357. The SMILES string of the molecule is O=C1CSC(=NN=Cc2cccc(OCCCN3CCOCC3)c2)N1. The molecule has 0 unspecified atom stereocenters. The lowest BCUT2D eigenvalue weighted by molar-refractivity contribution is -0.116. The smallest absolute Gasteiger partial charge is 0.236 e. The largest absolute Gasteiger partial charge is 0.494 e. The Morgan fingerprint density at radius 1 is 1.36 bits per heavy atom. The van der Waals surface area contributed by atoms with Crippen molar-refractivity contribution in [2.75, 3.05) is 45.2 Å². The third-order valence-corrected chi connectivity index (χ3v) is 4.65. The van der Waals surface area contributed by atoms with Gasteiger partial charge in [0, 0.05) is 19.6 Å². The maximum absolute atomic E-state index is 11.1. The summed E-state index contributed by atoms with van der Waals surface area (Å²) in [5.74, 6) is 1.19. The molecule has 0 aliphatic carbocycles. The van der Waals surface area contributed by atoms with Crippen molar-refractivity contribution in [3.05, 3.63) is 29.8 Å². The van der Waals surface area contributed by atoms with Crippen LogP contribution >= 0.6 is 11.8 Å². The highest BCUT2D eigenvalue weighted by atomic mass is 32.2. The van der Waals surface area contributed by atoms with Gasteiger partial charge in [-0.2, -0.15) is 5.10 Å². The van der Waals surface area contributed by atoms with Crippen LogP contribution in [0.1, 0.15) is 12.0 Å². The van der Waals surface area contributed by atoms with Crippen molar-refractivity contribution in [1.29, 1.82) is 0 Å². The van der Waals surface area contributed by atoms with Crippen LogP contribution in [0.3, 0.4) is 0 Å². The van der Waals surface area contributed by atoms with Gasteiger partial charge in [0.25, 0.3) is 0 Å². The van der Waals surface area contributed by atoms with Gasteiger partial charge in [0.05, 0.1) is 31.8 Å². The van der Waals surface area contributed by atoms with Crippen LogP contribution in [0, 0.1) is 0 Å². The number of hydrogen-bond acceptors (Lipinski definition) is 7. The number of amides is 1. The fraction of sp³-hybridized carbons (Fsp3) is 0.471. The fourth-order valence-corrected chi connectivity index (χ4v) is 3.15. The van der Waals surface area contributed by atoms with Gasteiger partial charge in [-0.3, -0.25) is 9.69 Å². The summed E-state index contributed by atoms with van der Waals surface area (Å²) in [4.78, 5) is 13.5. The molecule has 1 aromatic carbocycles. The molecule has 2 saturated heterocycles. The minimum atomic E-state index is -0.0357. The Morgan fingerprint density at radius 2 is 2.24 bits per heavy atom. The molecule has 0 saturated carbocycles. The fourth-order valence-electron chi connectivity index (χ4n) is 2.51. The number of morpholine rings is 1. The standard InChI is InChI=1S/C17H22N4O3S/c22-16-13-25-17(19-16)20-18-12-14-3-1-4-15(11-14)24-8-2-5-21-6-9-23-10-7-21/h1,3-4,11-12H,2,5-10,13H2,(H,19,20,22). The third-order valence-electron chi connectivity index (χ3n) is 3.79. The highest BCUT2D eigenvalue weighted by Gasteiger charge is 2.15. The summed E-state index contributed by atoms with van der Waals surface area (Å²) in [6, 6.07) is 7.73. The molecular formula is C17H22N4O3S. The second-order valence-electron chi connectivity index (χ2n) is 5.72. The molecule has 25 heavy (non-hydrogen) atoms. The quantitative estimate of drug-likeness (QED) is 0.450. The van der Waals surface area contributed by atoms with E-state index in [0.29, 0.717) is 17.5 Å². The number of rotatable bonds is 7. The van der Waals surface area contributed by atoms with Crippen LogP contribution in [0.5, 0.6) is 5.75 Å². The van der Waals surface area contributed by atoms with Crippen molar-refractivity contribution in [1.82, 2.24) is 10.2 Å². The molecule has 1 N–H and O–H groups in total. The number of hydrogen-bond donors (Lipinski definition) is 1. The predicted molar refractivity (Wildman–Crippen MR) is 99.4 cm³/mol. The van der Waals surface area contributed by atoms with Gasteiger partial charge in [-0.15, -0.1) is 5.10 Å². The molecule has 7 nitrogen and oxygen atoms in total. The van der Waals surface area contributed by atoms with Gasteiger partial charge in [-0.25, -0.2) is 0 Å². The summed E-state index contributed by atoms with van der Waals surface area (Å²) >= 11 is 1.35. The summed E-state index contributed by atoms with van der Waals surface area (Å²) in [6.07, 6.45) is 2.64. The molecule has 1 aromatic rings. The number of carbonyl (C=O) groups excluding carboxylic acids is 1. The van der Waals surface area contributed by atoms with Crippen molar-refractivity contribution in [3.63, 3.8) is 0 Å². The zero-order chi connectivity index (χ0) is 17.3. The average Bonchev–Trinajstić information content (AvgIpc) is 3.05. The van der Waals surface area contributed by atoms with Crippen molar-refractivity contribution < 1.29 is 14.3 Å². The zero-order valence-corrected chi connectivity index (χ0v) is 14.8. The van der Waals surface area contributed by atoms with Gasteiger partial charge in [0.2, 0.25) is 5.91 Å². The molecule has 2 aliphatic rings. The first-order chi connectivity index (χ1) is 12.3. The molecule has 0 bridgehead atoms. The van der Waals surface area contributed by atoms with E-state index in [2.05, 4.69) is 20.4 Å². The predicted octanol–water partition coefficient (Wildman–Crippen LogP) is 1.34. The highest BCUT2D eigenvalue weighted by molar-refractivity contribution is 8.15. The maximum Gasteiger partial charge on any atom is 0.236 e. The molecule has 2 heterocycles. The molecule has 0 aromatic heterocycles. The van der Waals surface area contributed by atoms with Gasteiger partial charge >= 0.3 is 0 Å². The number of nitrogens with one attached hydrogen (secondary N) is 1. The average molecular weight is 362 g/mol. The first-order valence-electron chi connectivity index (χ1n) is 8.36. The van der Waals surface area contributed by atoms with Crippen LogP contribution in [0.25, 0.3) is 0 Å². The van der Waals surface area contributed by atoms with Gasteiger partial charge in [0.1, 0.15) is 5.75 Å². The Morgan fingerprint density at radius 3 is 3.04 bits per heavy atom. The second kappa shape index (κ2) is 9.55. The van der Waals surface area contributed by atoms with E-state index in [1.165, 1.54) is 11.8 Å². The molecule has 1 amide bonds. The molecular weight excluding hydrogens is 340 g/mol. The van der Waals surface area contributed by atoms with E-state index in [0.717, 1.165) is 50.6 Å². The Kier molecular flexibility index (Phi) is 6.84. The Labute approximate surface area is 151 Å². The molecule has 2 aliphatic heterocycles. The maximum atomic E-state index is 11.1. The van der Waals surface area contributed by atoms with Crippen LogP contribution in [0.2, 0.25) is 0 Å². The normalized spacial score (nSPS) is 20.3. The number of benzene rings is 1. The summed E-state index contributed by atoms with van der Waals surface area (Å²) in [5, 5.41) is 11.2. The lowest BCUT2D eigenvalue weighted by Gasteiger charge is -2.26. The summed E-state index contributed by atoms with van der Waals surface area (Å²) in [5.41, 5.74) is 0.907. The van der Waals surface area contributed by atoms with Crippen molar-refractivity contribution in [2.45, 2.75) is 6.42 Å². The van der Waals surface area contributed by atoms with E-state index in [1.54, 1.807) is 6.21 Å². The molecule has 8 heteroatoms. The van der Waals surface area contributed by atoms with Crippen LogP contribution in [-0.4, -0.2) is 67.4 Å². The van der Waals surface area contributed by atoms with Crippen molar-refractivity contribution in [3.8, 4) is 5.75 Å². The van der Waals surface area contributed by atoms with E-state index in [1.807, 2.05) is 24.3 Å². The molecule has 0 atom stereocenters. The first-order valence-corrected chi connectivity index (χ1v) is 9.35. The van der Waals surface area contributed by atoms with Crippen molar-refractivity contribution >= 4 is 29.1 Å². The van der Waals surface area contributed by atoms with E-state index >= 15 is 0 Å². The summed E-state index contributed by atoms with van der Waals surface area (Å²) in [7, 11) is 0. The number of carbonyl (C=O) groups is 1. The number of thioether (sulfide) groups is 1. The lowest BCUT2D eigenvalue weighted by Crippen LogP contribution is -2.37. The molecule has 0 spiro atoms. The molecule has 0 radical (unpaired) electrons.